The lowest BCUT2D eigenvalue weighted by Gasteiger charge is -2.30. The van der Waals surface area contributed by atoms with Gasteiger partial charge in [0.25, 0.3) is 0 Å². The van der Waals surface area contributed by atoms with Crippen molar-refractivity contribution in [1.29, 1.82) is 0 Å². The Morgan fingerprint density at radius 3 is 2.75 bits per heavy atom. The summed E-state index contributed by atoms with van der Waals surface area (Å²) in [5.41, 5.74) is -0.113. The van der Waals surface area contributed by atoms with Crippen LogP contribution in [-0.4, -0.2) is 64.9 Å². The number of aromatic nitrogens is 2. The van der Waals surface area contributed by atoms with Crippen molar-refractivity contribution >= 4 is 0 Å². The monoisotopic (exact) mass is 441 g/mol. The fourth-order valence-electron chi connectivity index (χ4n) is 3.68. The Balaban J connectivity index is 1.32. The summed E-state index contributed by atoms with van der Waals surface area (Å²) < 4.78 is 32.4. The first-order chi connectivity index (χ1) is 15.6. The van der Waals surface area contributed by atoms with Crippen molar-refractivity contribution in [2.24, 2.45) is 0 Å². The minimum atomic E-state index is -1.19. The van der Waals surface area contributed by atoms with Crippen LogP contribution in [0.5, 0.6) is 11.5 Å². The normalized spacial score (nSPS) is 19.4. The summed E-state index contributed by atoms with van der Waals surface area (Å²) in [5.74, 6) is 0.805. The second-order valence-electron chi connectivity index (χ2n) is 8.00. The van der Waals surface area contributed by atoms with E-state index in [-0.39, 0.29) is 19.0 Å². The lowest BCUT2D eigenvalue weighted by molar-refractivity contribution is -0.0647. The predicted octanol–water partition coefficient (Wildman–Crippen LogP) is 2.74. The van der Waals surface area contributed by atoms with Gasteiger partial charge in [-0.1, -0.05) is 18.2 Å². The van der Waals surface area contributed by atoms with Crippen LogP contribution in [0, 0.1) is 5.82 Å². The summed E-state index contributed by atoms with van der Waals surface area (Å²) in [7, 11) is 0. The van der Waals surface area contributed by atoms with Gasteiger partial charge in [-0.2, -0.15) is 5.10 Å². The van der Waals surface area contributed by atoms with E-state index in [2.05, 4.69) is 10.00 Å². The van der Waals surface area contributed by atoms with Crippen molar-refractivity contribution in [3.63, 3.8) is 0 Å². The van der Waals surface area contributed by atoms with Gasteiger partial charge in [-0.05, 0) is 35.9 Å². The lowest BCUT2D eigenvalue weighted by atomic mass is 10.1. The molecule has 0 radical (unpaired) electrons. The number of hydrogen-bond donors (Lipinski definition) is 1. The number of halogens is 1. The van der Waals surface area contributed by atoms with Gasteiger partial charge in [-0.3, -0.25) is 9.58 Å². The molecule has 2 aromatic carbocycles. The molecule has 0 unspecified atom stereocenters. The van der Waals surface area contributed by atoms with Gasteiger partial charge in [-0.25, -0.2) is 4.39 Å². The molecule has 0 bridgehead atoms. The molecule has 1 aromatic heterocycles. The van der Waals surface area contributed by atoms with Crippen LogP contribution in [-0.2, 0) is 17.8 Å². The first-order valence-electron chi connectivity index (χ1n) is 10.7. The molecule has 0 aliphatic carbocycles. The molecule has 1 aliphatic heterocycles. The minimum absolute atomic E-state index is 0.0174. The van der Waals surface area contributed by atoms with Crippen LogP contribution >= 0.6 is 0 Å². The van der Waals surface area contributed by atoms with Gasteiger partial charge >= 0.3 is 0 Å². The van der Waals surface area contributed by atoms with Crippen molar-refractivity contribution in [2.75, 3.05) is 39.5 Å². The Morgan fingerprint density at radius 1 is 1.09 bits per heavy atom. The maximum atomic E-state index is 13.4. The number of benzene rings is 2. The third-order valence-corrected chi connectivity index (χ3v) is 5.20. The highest BCUT2D eigenvalue weighted by atomic mass is 19.1. The molecule has 7 nitrogen and oxygen atoms in total. The summed E-state index contributed by atoms with van der Waals surface area (Å²) in [6.07, 6.45) is 3.65. The van der Waals surface area contributed by atoms with E-state index in [0.717, 1.165) is 11.3 Å². The van der Waals surface area contributed by atoms with Crippen LogP contribution in [0.25, 0.3) is 0 Å². The van der Waals surface area contributed by atoms with Crippen LogP contribution < -0.4 is 9.47 Å². The van der Waals surface area contributed by atoms with Gasteiger partial charge in [0.2, 0.25) is 0 Å². The van der Waals surface area contributed by atoms with E-state index in [0.29, 0.717) is 45.1 Å². The van der Waals surface area contributed by atoms with E-state index >= 15 is 0 Å². The second kappa shape index (κ2) is 10.6. The zero-order chi connectivity index (χ0) is 22.2. The van der Waals surface area contributed by atoms with Crippen molar-refractivity contribution in [1.82, 2.24) is 14.7 Å². The molecule has 1 N–H and O–H groups in total. The molecule has 32 heavy (non-hydrogen) atoms. The summed E-state index contributed by atoms with van der Waals surface area (Å²) in [6.45, 7) is 3.61. The van der Waals surface area contributed by atoms with Crippen LogP contribution in [0.3, 0.4) is 0 Å². The van der Waals surface area contributed by atoms with E-state index in [1.807, 2.05) is 41.2 Å². The summed E-state index contributed by atoms with van der Waals surface area (Å²) in [6, 6.07) is 15.7. The standard InChI is InChI=1S/C24H28FN3O4/c25-21-5-2-7-23(15-21)32-19-24(29)17-27(10-12-30-18-24)16-20-4-1-6-22(14-20)31-13-11-28-9-3-8-26-28/h1-9,14-15,29H,10-13,16-19H2/t24-/m1/s1. The molecule has 8 heteroatoms. The molecular formula is C24H28FN3O4. The molecule has 0 amide bonds. The van der Waals surface area contributed by atoms with E-state index in [1.165, 1.54) is 12.1 Å². The first-order valence-corrected chi connectivity index (χ1v) is 10.7. The Kier molecular flexibility index (Phi) is 7.36. The minimum Gasteiger partial charge on any atom is -0.492 e. The van der Waals surface area contributed by atoms with Gasteiger partial charge in [0.15, 0.2) is 0 Å². The van der Waals surface area contributed by atoms with Crippen LogP contribution in [0.4, 0.5) is 4.39 Å². The fourth-order valence-corrected chi connectivity index (χ4v) is 3.68. The highest BCUT2D eigenvalue weighted by molar-refractivity contribution is 5.28. The Labute approximate surface area is 186 Å². The zero-order valence-corrected chi connectivity index (χ0v) is 17.9. The maximum Gasteiger partial charge on any atom is 0.134 e. The molecule has 1 saturated heterocycles. The number of aliphatic hydroxyl groups is 1. The third kappa shape index (κ3) is 6.53. The van der Waals surface area contributed by atoms with Crippen LogP contribution in [0.15, 0.2) is 67.0 Å². The van der Waals surface area contributed by atoms with Gasteiger partial charge < -0.3 is 19.3 Å². The molecule has 0 saturated carbocycles. The van der Waals surface area contributed by atoms with E-state index < -0.39 is 5.60 Å². The lowest BCUT2D eigenvalue weighted by Crippen LogP contribution is -2.48. The number of β-amino-alcohol motifs (C(OH)–C–C–N with tert-alkyl or cyclic N) is 1. The summed E-state index contributed by atoms with van der Waals surface area (Å²) in [4.78, 5) is 2.13. The Bertz CT molecular complexity index is 985. The fraction of sp³-hybridized carbons (Fsp3) is 0.375. The Morgan fingerprint density at radius 2 is 1.94 bits per heavy atom. The van der Waals surface area contributed by atoms with Crippen LogP contribution in [0.2, 0.25) is 0 Å². The van der Waals surface area contributed by atoms with E-state index in [9.17, 15) is 9.50 Å². The van der Waals surface area contributed by atoms with Gasteiger partial charge in [-0.15, -0.1) is 0 Å². The number of nitrogens with zero attached hydrogens (tertiary/aromatic N) is 3. The molecule has 4 rings (SSSR count). The molecule has 2 heterocycles. The quantitative estimate of drug-likeness (QED) is 0.551. The second-order valence-corrected chi connectivity index (χ2v) is 8.00. The number of hydrogen-bond acceptors (Lipinski definition) is 6. The average Bonchev–Trinajstić information content (AvgIpc) is 3.22. The topological polar surface area (TPSA) is 69.0 Å². The van der Waals surface area contributed by atoms with Gasteiger partial charge in [0, 0.05) is 38.1 Å². The molecule has 0 spiro atoms. The Hall–Kier alpha value is -2.94. The van der Waals surface area contributed by atoms with Gasteiger partial charge in [0.1, 0.15) is 36.1 Å². The highest BCUT2D eigenvalue weighted by Gasteiger charge is 2.33. The SMILES string of the molecule is O[C@@]1(COc2cccc(F)c2)COCCN(Cc2cccc(OCCn3cccn3)c2)C1. The van der Waals surface area contributed by atoms with Crippen molar-refractivity contribution < 1.29 is 23.7 Å². The maximum absolute atomic E-state index is 13.4. The van der Waals surface area contributed by atoms with E-state index in [4.69, 9.17) is 14.2 Å². The van der Waals surface area contributed by atoms with Crippen molar-refractivity contribution in [3.8, 4) is 11.5 Å². The summed E-state index contributed by atoms with van der Waals surface area (Å²) in [5, 5.41) is 15.2. The highest BCUT2D eigenvalue weighted by Crippen LogP contribution is 2.20. The molecule has 3 aromatic rings. The average molecular weight is 442 g/mol. The molecule has 170 valence electrons. The zero-order valence-electron chi connectivity index (χ0n) is 17.9. The molecular weight excluding hydrogens is 413 g/mol. The van der Waals surface area contributed by atoms with Gasteiger partial charge in [0.05, 0.1) is 19.8 Å². The molecule has 1 atom stereocenters. The largest absolute Gasteiger partial charge is 0.492 e. The predicted molar refractivity (Wildman–Crippen MR) is 117 cm³/mol. The first kappa shape index (κ1) is 22.3. The number of rotatable bonds is 9. The smallest absolute Gasteiger partial charge is 0.134 e. The number of ether oxygens (including phenoxy) is 3. The van der Waals surface area contributed by atoms with Crippen molar-refractivity contribution in [2.45, 2.75) is 18.7 Å². The summed E-state index contributed by atoms with van der Waals surface area (Å²) >= 11 is 0. The van der Waals surface area contributed by atoms with Crippen LogP contribution in [0.1, 0.15) is 5.56 Å². The molecule has 1 fully saturated rings. The van der Waals surface area contributed by atoms with E-state index in [1.54, 1.807) is 18.3 Å². The third-order valence-electron chi connectivity index (χ3n) is 5.20. The van der Waals surface area contributed by atoms with Crippen molar-refractivity contribution in [3.05, 3.63) is 78.4 Å². The molecule has 1 aliphatic rings.